The zero-order chi connectivity index (χ0) is 13.2. The summed E-state index contributed by atoms with van der Waals surface area (Å²) in [5.74, 6) is 2.20. The Labute approximate surface area is 112 Å². The lowest BCUT2D eigenvalue weighted by Crippen LogP contribution is -2.10. The maximum absolute atomic E-state index is 4.69. The third kappa shape index (κ3) is 2.03. The molecule has 3 rings (SSSR count). The first-order valence-electron chi connectivity index (χ1n) is 6.77. The summed E-state index contributed by atoms with van der Waals surface area (Å²) < 4.78 is 4.44. The Hall–Kier alpha value is -2.10. The summed E-state index contributed by atoms with van der Waals surface area (Å²) in [7, 11) is 0. The summed E-state index contributed by atoms with van der Waals surface area (Å²) in [5, 5.41) is 0. The Morgan fingerprint density at radius 3 is 2.74 bits per heavy atom. The van der Waals surface area contributed by atoms with Crippen molar-refractivity contribution in [3.8, 4) is 0 Å². The number of rotatable bonds is 4. The molecule has 2 heterocycles. The molecule has 4 nitrogen and oxygen atoms in total. The highest BCUT2D eigenvalue weighted by atomic mass is 15.1. The molecule has 0 bridgehead atoms. The monoisotopic (exact) mass is 254 g/mol. The first-order chi connectivity index (χ1) is 9.33. The van der Waals surface area contributed by atoms with E-state index in [1.807, 2.05) is 18.5 Å². The molecule has 0 radical (unpaired) electrons. The molecule has 0 aliphatic carbocycles. The van der Waals surface area contributed by atoms with Crippen molar-refractivity contribution < 1.29 is 0 Å². The number of hydrogen-bond donors (Lipinski definition) is 0. The summed E-state index contributed by atoms with van der Waals surface area (Å²) in [5.41, 5.74) is 2.25. The van der Waals surface area contributed by atoms with Gasteiger partial charge in [0.2, 0.25) is 0 Å². The van der Waals surface area contributed by atoms with Crippen LogP contribution in [0.3, 0.4) is 0 Å². The van der Waals surface area contributed by atoms with Gasteiger partial charge in [0.25, 0.3) is 0 Å². The van der Waals surface area contributed by atoms with Gasteiger partial charge in [-0.1, -0.05) is 19.1 Å². The van der Waals surface area contributed by atoms with E-state index in [4.69, 9.17) is 4.98 Å². The van der Waals surface area contributed by atoms with Gasteiger partial charge in [0, 0.05) is 25.4 Å². The fraction of sp³-hybridized carbons (Fsp3) is 0.333. The lowest BCUT2D eigenvalue weighted by atomic mass is 10.3. The fourth-order valence-electron chi connectivity index (χ4n) is 2.49. The van der Waals surface area contributed by atoms with E-state index in [2.05, 4.69) is 46.2 Å². The van der Waals surface area contributed by atoms with Crippen molar-refractivity contribution in [1.29, 1.82) is 0 Å². The number of aromatic nitrogens is 4. The standard InChI is InChI=1S/C15H18N4/c1-3-14-17-12-7-5-6-8-13(12)19(14)11-15-16-9-10-18(15)4-2/h5-10H,3-4,11H2,1-2H3. The van der Waals surface area contributed by atoms with Crippen molar-refractivity contribution >= 4 is 11.0 Å². The second-order valence-electron chi connectivity index (χ2n) is 4.59. The average molecular weight is 254 g/mol. The molecule has 0 unspecified atom stereocenters. The van der Waals surface area contributed by atoms with Crippen LogP contribution in [0.5, 0.6) is 0 Å². The maximum atomic E-state index is 4.69. The van der Waals surface area contributed by atoms with Crippen molar-refractivity contribution in [1.82, 2.24) is 19.1 Å². The molecule has 0 saturated carbocycles. The van der Waals surface area contributed by atoms with Crippen LogP contribution < -0.4 is 0 Å². The van der Waals surface area contributed by atoms with Crippen LogP contribution in [0.2, 0.25) is 0 Å². The maximum Gasteiger partial charge on any atom is 0.128 e. The van der Waals surface area contributed by atoms with Crippen LogP contribution in [-0.2, 0) is 19.5 Å². The van der Waals surface area contributed by atoms with Gasteiger partial charge in [-0.3, -0.25) is 0 Å². The van der Waals surface area contributed by atoms with E-state index < -0.39 is 0 Å². The third-order valence-corrected chi connectivity index (χ3v) is 3.49. The van der Waals surface area contributed by atoms with Crippen molar-refractivity contribution in [2.45, 2.75) is 33.4 Å². The molecule has 3 aromatic rings. The molecular formula is C15H18N4. The highest BCUT2D eigenvalue weighted by Crippen LogP contribution is 2.17. The molecule has 1 aromatic carbocycles. The van der Waals surface area contributed by atoms with Gasteiger partial charge in [0.1, 0.15) is 11.6 Å². The van der Waals surface area contributed by atoms with Crippen molar-refractivity contribution in [3.63, 3.8) is 0 Å². The summed E-state index contributed by atoms with van der Waals surface area (Å²) in [6.45, 7) is 6.01. The topological polar surface area (TPSA) is 35.6 Å². The zero-order valence-corrected chi connectivity index (χ0v) is 11.4. The van der Waals surface area contributed by atoms with Gasteiger partial charge in [0.05, 0.1) is 17.6 Å². The largest absolute Gasteiger partial charge is 0.334 e. The molecule has 0 amide bonds. The molecule has 0 atom stereocenters. The molecule has 19 heavy (non-hydrogen) atoms. The normalized spacial score (nSPS) is 11.3. The van der Waals surface area contributed by atoms with Gasteiger partial charge < -0.3 is 9.13 Å². The van der Waals surface area contributed by atoms with Gasteiger partial charge >= 0.3 is 0 Å². The first kappa shape index (κ1) is 12.0. The third-order valence-electron chi connectivity index (χ3n) is 3.49. The minimum atomic E-state index is 0.782. The van der Waals surface area contributed by atoms with Crippen molar-refractivity contribution in [2.75, 3.05) is 0 Å². The molecule has 4 heteroatoms. The zero-order valence-electron chi connectivity index (χ0n) is 11.4. The Balaban J connectivity index is 2.09. The smallest absolute Gasteiger partial charge is 0.128 e. The summed E-state index contributed by atoms with van der Waals surface area (Å²) in [6.07, 6.45) is 4.82. The number of imidazole rings is 2. The van der Waals surface area contributed by atoms with E-state index >= 15 is 0 Å². The highest BCUT2D eigenvalue weighted by molar-refractivity contribution is 5.76. The van der Waals surface area contributed by atoms with Gasteiger partial charge in [-0.15, -0.1) is 0 Å². The molecule has 0 spiro atoms. The molecule has 0 aliphatic heterocycles. The SMILES string of the molecule is CCc1nc2ccccc2n1Cc1nccn1CC. The highest BCUT2D eigenvalue weighted by Gasteiger charge is 2.11. The number of hydrogen-bond acceptors (Lipinski definition) is 2. The van der Waals surface area contributed by atoms with Crippen LogP contribution in [0, 0.1) is 0 Å². The molecule has 0 aliphatic rings. The summed E-state index contributed by atoms with van der Waals surface area (Å²) in [4.78, 5) is 9.15. The Bertz CT molecular complexity index is 693. The number of aryl methyl sites for hydroxylation is 2. The number of para-hydroxylation sites is 2. The molecular weight excluding hydrogens is 236 g/mol. The van der Waals surface area contributed by atoms with Gasteiger partial charge in [-0.05, 0) is 19.1 Å². The second-order valence-corrected chi connectivity index (χ2v) is 4.59. The number of nitrogens with zero attached hydrogens (tertiary/aromatic N) is 4. The predicted molar refractivity (Wildman–Crippen MR) is 76.1 cm³/mol. The summed E-state index contributed by atoms with van der Waals surface area (Å²) in [6, 6.07) is 8.29. The van der Waals surface area contributed by atoms with Crippen LogP contribution in [-0.4, -0.2) is 19.1 Å². The lowest BCUT2D eigenvalue weighted by Gasteiger charge is -2.09. The van der Waals surface area contributed by atoms with Gasteiger partial charge in [-0.25, -0.2) is 9.97 Å². The first-order valence-corrected chi connectivity index (χ1v) is 6.77. The van der Waals surface area contributed by atoms with E-state index in [-0.39, 0.29) is 0 Å². The lowest BCUT2D eigenvalue weighted by molar-refractivity contribution is 0.642. The molecule has 98 valence electrons. The van der Waals surface area contributed by atoms with E-state index in [9.17, 15) is 0 Å². The van der Waals surface area contributed by atoms with E-state index in [1.165, 1.54) is 5.52 Å². The predicted octanol–water partition coefficient (Wildman–Crippen LogP) is 2.86. The van der Waals surface area contributed by atoms with Crippen LogP contribution in [0.25, 0.3) is 11.0 Å². The average Bonchev–Trinajstić information content (AvgIpc) is 3.04. The Kier molecular flexibility index (Phi) is 3.07. The second kappa shape index (κ2) is 4.88. The van der Waals surface area contributed by atoms with Crippen LogP contribution in [0.1, 0.15) is 25.5 Å². The molecule has 0 N–H and O–H groups in total. The fourth-order valence-corrected chi connectivity index (χ4v) is 2.49. The quantitative estimate of drug-likeness (QED) is 0.717. The number of fused-ring (bicyclic) bond motifs is 1. The van der Waals surface area contributed by atoms with Crippen LogP contribution in [0.15, 0.2) is 36.7 Å². The van der Waals surface area contributed by atoms with Crippen LogP contribution in [0.4, 0.5) is 0 Å². The number of benzene rings is 1. The molecule has 2 aromatic heterocycles. The Morgan fingerprint density at radius 2 is 1.95 bits per heavy atom. The van der Waals surface area contributed by atoms with Crippen LogP contribution >= 0.6 is 0 Å². The van der Waals surface area contributed by atoms with Crippen molar-refractivity contribution in [3.05, 3.63) is 48.3 Å². The van der Waals surface area contributed by atoms with E-state index in [0.29, 0.717) is 0 Å². The van der Waals surface area contributed by atoms with E-state index in [1.54, 1.807) is 0 Å². The molecule has 0 saturated heterocycles. The Morgan fingerprint density at radius 1 is 1.11 bits per heavy atom. The van der Waals surface area contributed by atoms with Gasteiger partial charge in [-0.2, -0.15) is 0 Å². The van der Waals surface area contributed by atoms with E-state index in [0.717, 1.165) is 36.7 Å². The van der Waals surface area contributed by atoms with Gasteiger partial charge in [0.15, 0.2) is 0 Å². The van der Waals surface area contributed by atoms with Crippen molar-refractivity contribution in [2.24, 2.45) is 0 Å². The molecule has 0 fully saturated rings. The summed E-state index contributed by atoms with van der Waals surface area (Å²) >= 11 is 0. The minimum absolute atomic E-state index is 0.782. The minimum Gasteiger partial charge on any atom is -0.334 e.